The van der Waals surface area contributed by atoms with Gasteiger partial charge in [-0.3, -0.25) is 9.59 Å². The summed E-state index contributed by atoms with van der Waals surface area (Å²) in [6.07, 6.45) is 8.56. The molecule has 0 unspecified atom stereocenters. The lowest BCUT2D eigenvalue weighted by Crippen LogP contribution is -2.40. The maximum atomic E-state index is 12.6. The molecule has 0 aromatic heterocycles. The first-order chi connectivity index (χ1) is 11.6. The summed E-state index contributed by atoms with van der Waals surface area (Å²) in [5.74, 6) is 1.11. The van der Waals surface area contributed by atoms with Gasteiger partial charge in [0.2, 0.25) is 5.91 Å². The molecule has 3 rings (SSSR count). The summed E-state index contributed by atoms with van der Waals surface area (Å²) in [5.41, 5.74) is 0.689. The molecule has 130 valence electrons. The van der Waals surface area contributed by atoms with Gasteiger partial charge in [0.1, 0.15) is 5.75 Å². The Morgan fingerprint density at radius 2 is 1.67 bits per heavy atom. The molecule has 0 atom stereocenters. The summed E-state index contributed by atoms with van der Waals surface area (Å²) < 4.78 is 5.69. The third kappa shape index (κ3) is 4.37. The maximum Gasteiger partial charge on any atom is 0.223 e. The Labute approximate surface area is 144 Å². The Bertz CT molecular complexity index is 571. The van der Waals surface area contributed by atoms with Gasteiger partial charge in [-0.2, -0.15) is 0 Å². The zero-order chi connectivity index (χ0) is 16.9. The van der Waals surface area contributed by atoms with E-state index < -0.39 is 0 Å². The standard InChI is InChI=1S/C20H27NO3/c1-15(22)16-8-12-19(13-9-16)24-14-4-7-20(23)21(18-10-11-18)17-5-2-3-6-17/h8-9,12-13,17-18H,2-7,10-11,14H2,1H3. The molecule has 0 aliphatic heterocycles. The van der Waals surface area contributed by atoms with Crippen LogP contribution in [0.5, 0.6) is 5.75 Å². The van der Waals surface area contributed by atoms with Gasteiger partial charge in [-0.25, -0.2) is 0 Å². The van der Waals surface area contributed by atoms with Gasteiger partial charge in [0.15, 0.2) is 5.78 Å². The van der Waals surface area contributed by atoms with Crippen LogP contribution in [0.25, 0.3) is 0 Å². The van der Waals surface area contributed by atoms with Crippen molar-refractivity contribution in [3.8, 4) is 5.75 Å². The molecule has 0 saturated heterocycles. The number of ketones is 1. The van der Waals surface area contributed by atoms with E-state index in [4.69, 9.17) is 4.74 Å². The quantitative estimate of drug-likeness (QED) is 0.535. The Balaban J connectivity index is 1.42. The molecule has 0 N–H and O–H groups in total. The van der Waals surface area contributed by atoms with Crippen LogP contribution in [0.2, 0.25) is 0 Å². The van der Waals surface area contributed by atoms with E-state index in [0.717, 1.165) is 12.2 Å². The van der Waals surface area contributed by atoms with E-state index >= 15 is 0 Å². The van der Waals surface area contributed by atoms with Crippen molar-refractivity contribution in [1.82, 2.24) is 4.90 Å². The molecule has 1 amide bonds. The molecule has 1 aromatic carbocycles. The van der Waals surface area contributed by atoms with Crippen LogP contribution in [0, 0.1) is 0 Å². The summed E-state index contributed by atoms with van der Waals surface area (Å²) in [6.45, 7) is 2.09. The number of Topliss-reactive ketones (excluding diaryl/α,β-unsaturated/α-hetero) is 1. The van der Waals surface area contributed by atoms with Gasteiger partial charge in [-0.15, -0.1) is 0 Å². The zero-order valence-electron chi connectivity index (χ0n) is 14.5. The molecule has 0 spiro atoms. The molecule has 4 nitrogen and oxygen atoms in total. The van der Waals surface area contributed by atoms with Crippen LogP contribution in [-0.2, 0) is 4.79 Å². The topological polar surface area (TPSA) is 46.6 Å². The normalized spacial score (nSPS) is 17.7. The van der Waals surface area contributed by atoms with Gasteiger partial charge in [0.05, 0.1) is 6.61 Å². The maximum absolute atomic E-state index is 12.6. The lowest BCUT2D eigenvalue weighted by molar-refractivity contribution is -0.134. The number of nitrogens with zero attached hydrogens (tertiary/aromatic N) is 1. The van der Waals surface area contributed by atoms with Crippen molar-refractivity contribution in [3.05, 3.63) is 29.8 Å². The van der Waals surface area contributed by atoms with Crippen LogP contribution in [0.1, 0.15) is 68.6 Å². The third-order valence-electron chi connectivity index (χ3n) is 5.01. The van der Waals surface area contributed by atoms with Gasteiger partial charge in [0, 0.05) is 24.1 Å². The molecule has 0 radical (unpaired) electrons. The smallest absolute Gasteiger partial charge is 0.223 e. The summed E-state index contributed by atoms with van der Waals surface area (Å²) in [4.78, 5) is 26.0. The average molecular weight is 329 g/mol. The monoisotopic (exact) mass is 329 g/mol. The van der Waals surface area contributed by atoms with Crippen LogP contribution in [0.3, 0.4) is 0 Å². The summed E-state index contributed by atoms with van der Waals surface area (Å²) >= 11 is 0. The minimum Gasteiger partial charge on any atom is -0.494 e. The van der Waals surface area contributed by atoms with E-state index in [2.05, 4.69) is 4.90 Å². The molecule has 2 aliphatic rings. The van der Waals surface area contributed by atoms with E-state index in [0.29, 0.717) is 36.6 Å². The molecule has 1 aromatic rings. The highest BCUT2D eigenvalue weighted by Gasteiger charge is 2.37. The van der Waals surface area contributed by atoms with Crippen molar-refractivity contribution in [2.24, 2.45) is 0 Å². The highest BCUT2D eigenvalue weighted by molar-refractivity contribution is 5.94. The van der Waals surface area contributed by atoms with Gasteiger partial charge >= 0.3 is 0 Å². The van der Waals surface area contributed by atoms with E-state index in [1.807, 2.05) is 12.1 Å². The van der Waals surface area contributed by atoms with E-state index in [9.17, 15) is 9.59 Å². The van der Waals surface area contributed by atoms with E-state index in [1.165, 1.54) is 38.5 Å². The van der Waals surface area contributed by atoms with Crippen LogP contribution < -0.4 is 4.74 Å². The average Bonchev–Trinajstić information content (AvgIpc) is 3.26. The highest BCUT2D eigenvalue weighted by Crippen LogP contribution is 2.35. The Morgan fingerprint density at radius 1 is 1.04 bits per heavy atom. The highest BCUT2D eigenvalue weighted by atomic mass is 16.5. The first-order valence-electron chi connectivity index (χ1n) is 9.20. The Morgan fingerprint density at radius 3 is 2.25 bits per heavy atom. The Hall–Kier alpha value is -1.84. The van der Waals surface area contributed by atoms with Crippen LogP contribution in [0.15, 0.2) is 24.3 Å². The molecule has 24 heavy (non-hydrogen) atoms. The van der Waals surface area contributed by atoms with Crippen molar-refractivity contribution in [3.63, 3.8) is 0 Å². The first-order valence-corrected chi connectivity index (χ1v) is 9.20. The number of carbonyl (C=O) groups is 2. The summed E-state index contributed by atoms with van der Waals surface area (Å²) in [5, 5.41) is 0. The molecule has 2 saturated carbocycles. The van der Waals surface area contributed by atoms with Crippen molar-refractivity contribution < 1.29 is 14.3 Å². The summed E-state index contributed by atoms with van der Waals surface area (Å²) in [7, 11) is 0. The molecule has 0 bridgehead atoms. The lowest BCUT2D eigenvalue weighted by Gasteiger charge is -2.29. The van der Waals surface area contributed by atoms with Crippen molar-refractivity contribution >= 4 is 11.7 Å². The second-order valence-electron chi connectivity index (χ2n) is 7.00. The number of benzene rings is 1. The predicted octanol–water partition coefficient (Wildman–Crippen LogP) is 3.98. The van der Waals surface area contributed by atoms with Crippen molar-refractivity contribution in [2.45, 2.75) is 70.4 Å². The number of carbonyl (C=O) groups excluding carboxylic acids is 2. The zero-order valence-corrected chi connectivity index (χ0v) is 14.5. The largest absolute Gasteiger partial charge is 0.494 e. The molecule has 0 heterocycles. The van der Waals surface area contributed by atoms with Gasteiger partial charge in [0.25, 0.3) is 0 Å². The molecular weight excluding hydrogens is 302 g/mol. The number of ether oxygens (including phenoxy) is 1. The number of hydrogen-bond acceptors (Lipinski definition) is 3. The predicted molar refractivity (Wildman–Crippen MR) is 93.3 cm³/mol. The second kappa shape index (κ2) is 7.82. The minimum atomic E-state index is 0.0548. The first kappa shape index (κ1) is 17.0. The summed E-state index contributed by atoms with van der Waals surface area (Å²) in [6, 6.07) is 8.18. The second-order valence-corrected chi connectivity index (χ2v) is 7.00. The molecule has 2 fully saturated rings. The minimum absolute atomic E-state index is 0.0548. The van der Waals surface area contributed by atoms with Crippen LogP contribution in [-0.4, -0.2) is 35.3 Å². The van der Waals surface area contributed by atoms with E-state index in [1.54, 1.807) is 19.1 Å². The fourth-order valence-electron chi connectivity index (χ4n) is 3.57. The number of rotatable bonds is 8. The molecule has 2 aliphatic carbocycles. The van der Waals surface area contributed by atoms with Gasteiger partial charge < -0.3 is 9.64 Å². The SMILES string of the molecule is CC(=O)c1ccc(OCCCC(=O)N(C2CCCC2)C2CC2)cc1. The Kier molecular flexibility index (Phi) is 5.54. The van der Waals surface area contributed by atoms with Crippen molar-refractivity contribution in [2.75, 3.05) is 6.61 Å². The lowest BCUT2D eigenvalue weighted by atomic mass is 10.1. The van der Waals surface area contributed by atoms with Gasteiger partial charge in [-0.1, -0.05) is 12.8 Å². The molecular formula is C20H27NO3. The number of amides is 1. The van der Waals surface area contributed by atoms with Crippen LogP contribution in [0.4, 0.5) is 0 Å². The van der Waals surface area contributed by atoms with Gasteiger partial charge in [-0.05, 0) is 63.3 Å². The third-order valence-corrected chi connectivity index (χ3v) is 5.01. The fraction of sp³-hybridized carbons (Fsp3) is 0.600. The number of hydrogen-bond donors (Lipinski definition) is 0. The molecule has 4 heteroatoms. The van der Waals surface area contributed by atoms with E-state index in [-0.39, 0.29) is 5.78 Å². The van der Waals surface area contributed by atoms with Crippen LogP contribution >= 0.6 is 0 Å². The van der Waals surface area contributed by atoms with Crippen molar-refractivity contribution in [1.29, 1.82) is 0 Å². The fourth-order valence-corrected chi connectivity index (χ4v) is 3.57.